The van der Waals surface area contributed by atoms with E-state index in [9.17, 15) is 0 Å². The number of methoxy groups -OCH3 is 1. The average Bonchev–Trinajstić information content (AvgIpc) is 3.33. The number of aromatic nitrogens is 5. The molecule has 4 heterocycles. The minimum absolute atomic E-state index is 0.0835. The van der Waals surface area contributed by atoms with Crippen LogP contribution in [0.1, 0.15) is 37.4 Å². The van der Waals surface area contributed by atoms with Gasteiger partial charge in [-0.25, -0.2) is 4.98 Å². The maximum absolute atomic E-state index is 6.43. The number of nitrogens with zero attached hydrogens (tertiary/aromatic N) is 7. The molecule has 1 fully saturated rings. The maximum atomic E-state index is 6.43. The maximum Gasteiger partial charge on any atom is 0.252 e. The van der Waals surface area contributed by atoms with Crippen LogP contribution >= 0.6 is 11.6 Å². The lowest BCUT2D eigenvalue weighted by atomic mass is 9.80. The van der Waals surface area contributed by atoms with E-state index in [2.05, 4.69) is 35.3 Å². The van der Waals surface area contributed by atoms with Crippen LogP contribution < -0.4 is 10.3 Å². The minimum atomic E-state index is 0.0835. The van der Waals surface area contributed by atoms with Gasteiger partial charge in [-0.2, -0.15) is 4.68 Å². The molecule has 0 bridgehead atoms. The lowest BCUT2D eigenvalue weighted by molar-refractivity contribution is 0.175. The molecule has 3 atom stereocenters. The predicted molar refractivity (Wildman–Crippen MR) is 91.2 cm³/mol. The first-order chi connectivity index (χ1) is 12.3. The van der Waals surface area contributed by atoms with Crippen molar-refractivity contribution in [2.75, 3.05) is 12.0 Å². The van der Waals surface area contributed by atoms with Gasteiger partial charge in [0.2, 0.25) is 5.28 Å². The number of imidazole rings is 1. The molecule has 1 saturated carbocycles. The van der Waals surface area contributed by atoms with E-state index in [1.54, 1.807) is 18.0 Å². The van der Waals surface area contributed by atoms with Crippen LogP contribution in [0.25, 0.3) is 0 Å². The zero-order valence-electron chi connectivity index (χ0n) is 13.8. The summed E-state index contributed by atoms with van der Waals surface area (Å²) in [5.74, 6) is 2.04. The summed E-state index contributed by atoms with van der Waals surface area (Å²) >= 11 is 6.43. The van der Waals surface area contributed by atoms with Gasteiger partial charge in [0.25, 0.3) is 5.96 Å². The van der Waals surface area contributed by atoms with Gasteiger partial charge < -0.3 is 4.74 Å². The van der Waals surface area contributed by atoms with Crippen molar-refractivity contribution in [3.05, 3.63) is 23.4 Å². The summed E-state index contributed by atoms with van der Waals surface area (Å²) in [6, 6.07) is 0.358. The number of rotatable bonds is 2. The summed E-state index contributed by atoms with van der Waals surface area (Å²) < 4.78 is 9.11. The average molecular weight is 363 g/mol. The fourth-order valence-corrected chi connectivity index (χ4v) is 4.62. The highest BCUT2D eigenvalue weighted by molar-refractivity contribution is 6.28. The van der Waals surface area contributed by atoms with Gasteiger partial charge in [-0.15, -0.1) is 10.2 Å². The molecule has 3 unspecified atom stereocenters. The van der Waals surface area contributed by atoms with E-state index in [0.29, 0.717) is 29.8 Å². The van der Waals surface area contributed by atoms with E-state index in [-0.39, 0.29) is 6.17 Å². The van der Waals surface area contributed by atoms with Crippen molar-refractivity contribution < 1.29 is 4.74 Å². The number of fused-ring (bicyclic) bond motifs is 6. The molecule has 3 aliphatic rings. The van der Waals surface area contributed by atoms with E-state index in [0.717, 1.165) is 24.4 Å². The van der Waals surface area contributed by atoms with Crippen LogP contribution in [-0.2, 0) is 11.3 Å². The first-order valence-electron chi connectivity index (χ1n) is 8.53. The van der Waals surface area contributed by atoms with Crippen molar-refractivity contribution in [3.8, 4) is 0 Å². The number of halogens is 1. The third-order valence-corrected chi connectivity index (χ3v) is 5.67. The van der Waals surface area contributed by atoms with Crippen molar-refractivity contribution >= 4 is 23.4 Å². The molecule has 25 heavy (non-hydrogen) atoms. The molecule has 0 radical (unpaired) electrons. The second kappa shape index (κ2) is 5.70. The summed E-state index contributed by atoms with van der Waals surface area (Å²) in [7, 11) is 1.65. The molecule has 9 nitrogen and oxygen atoms in total. The molecule has 1 N–H and O–H groups in total. The van der Waals surface area contributed by atoms with Crippen LogP contribution in [0.5, 0.6) is 0 Å². The normalized spacial score (nSPS) is 27.4. The molecular formula is C15H19ClN8O. The summed E-state index contributed by atoms with van der Waals surface area (Å²) in [6.45, 7) is 0.413. The van der Waals surface area contributed by atoms with E-state index < -0.39 is 0 Å². The van der Waals surface area contributed by atoms with Crippen LogP contribution in [0.4, 0.5) is 5.82 Å². The molecule has 0 aromatic carbocycles. The monoisotopic (exact) mass is 362 g/mol. The number of anilines is 1. The smallest absolute Gasteiger partial charge is 0.252 e. The number of nitrogens with one attached hydrogen (secondary N) is 1. The molecule has 5 rings (SSSR count). The highest BCUT2D eigenvalue weighted by Crippen LogP contribution is 2.46. The Morgan fingerprint density at radius 2 is 2.20 bits per heavy atom. The molecule has 132 valence electrons. The third-order valence-electron chi connectivity index (χ3n) is 5.39. The van der Waals surface area contributed by atoms with Gasteiger partial charge in [-0.1, -0.05) is 18.1 Å². The Labute approximate surface area is 149 Å². The van der Waals surface area contributed by atoms with Crippen LogP contribution in [-0.4, -0.2) is 43.8 Å². The van der Waals surface area contributed by atoms with Gasteiger partial charge >= 0.3 is 0 Å². The van der Waals surface area contributed by atoms with Crippen molar-refractivity contribution in [1.29, 1.82) is 0 Å². The molecular weight excluding hydrogens is 344 g/mol. The van der Waals surface area contributed by atoms with Crippen LogP contribution in [0.15, 0.2) is 17.5 Å². The van der Waals surface area contributed by atoms with E-state index in [4.69, 9.17) is 16.3 Å². The topological polar surface area (TPSA) is 85.4 Å². The Balaban J connectivity index is 1.61. The van der Waals surface area contributed by atoms with E-state index in [1.807, 2.05) is 6.20 Å². The van der Waals surface area contributed by atoms with E-state index >= 15 is 0 Å². The van der Waals surface area contributed by atoms with Crippen molar-refractivity contribution in [1.82, 2.24) is 30.0 Å². The predicted octanol–water partition coefficient (Wildman–Crippen LogP) is 1.57. The fourth-order valence-electron chi connectivity index (χ4n) is 4.36. The van der Waals surface area contributed by atoms with Crippen LogP contribution in [0, 0.1) is 5.92 Å². The highest BCUT2D eigenvalue weighted by Gasteiger charge is 2.48. The third kappa shape index (κ3) is 2.12. The summed E-state index contributed by atoms with van der Waals surface area (Å²) in [4.78, 5) is 6.50. The number of hydrogen-bond acceptors (Lipinski definition) is 7. The second-order valence-corrected chi connectivity index (χ2v) is 7.04. The molecule has 0 amide bonds. The van der Waals surface area contributed by atoms with Crippen molar-refractivity contribution in [2.45, 2.75) is 44.5 Å². The number of hydrazone groups is 1. The van der Waals surface area contributed by atoms with Gasteiger partial charge in [0.05, 0.1) is 24.7 Å². The Bertz CT molecular complexity index is 829. The molecule has 0 saturated heterocycles. The van der Waals surface area contributed by atoms with Crippen molar-refractivity contribution in [3.63, 3.8) is 0 Å². The standard InChI is InChI=1S/C15H19ClN8O/c1-25-8-9-6-18-21-24(9)15-20-19-13-10-4-2-3-5-11(10)22-12(23(13)15)7-17-14(22)16/h6-7,10-11,13,19H,2-5,8H2,1H3. The first kappa shape index (κ1) is 15.2. The Morgan fingerprint density at radius 1 is 1.32 bits per heavy atom. The quantitative estimate of drug-likeness (QED) is 0.872. The summed E-state index contributed by atoms with van der Waals surface area (Å²) in [6.07, 6.45) is 8.29. The van der Waals surface area contributed by atoms with Gasteiger partial charge in [0.15, 0.2) is 0 Å². The Kier molecular flexibility index (Phi) is 3.46. The Hall–Kier alpha value is -2.13. The van der Waals surface area contributed by atoms with Crippen molar-refractivity contribution in [2.24, 2.45) is 11.0 Å². The van der Waals surface area contributed by atoms with Crippen LogP contribution in [0.2, 0.25) is 5.28 Å². The van der Waals surface area contributed by atoms with Gasteiger partial charge in [-0.05, 0) is 24.4 Å². The SMILES string of the molecule is COCc1cnnn1C1=NNC2C3CCCCC3n3c(cnc3Cl)N12. The molecule has 0 spiro atoms. The largest absolute Gasteiger partial charge is 0.378 e. The Morgan fingerprint density at radius 3 is 3.08 bits per heavy atom. The summed E-state index contributed by atoms with van der Waals surface area (Å²) in [5.41, 5.74) is 4.16. The van der Waals surface area contributed by atoms with E-state index in [1.165, 1.54) is 12.8 Å². The van der Waals surface area contributed by atoms with Crippen LogP contribution in [0.3, 0.4) is 0 Å². The molecule has 2 aliphatic heterocycles. The number of ether oxygens (including phenoxy) is 1. The zero-order valence-corrected chi connectivity index (χ0v) is 14.6. The molecule has 2 aromatic rings. The first-order valence-corrected chi connectivity index (χ1v) is 8.91. The number of hydrogen-bond donors (Lipinski definition) is 1. The molecule has 1 aliphatic carbocycles. The molecule has 10 heteroatoms. The molecule has 2 aromatic heterocycles. The van der Waals surface area contributed by atoms with Gasteiger partial charge in [0, 0.05) is 19.1 Å². The fraction of sp³-hybridized carbons (Fsp3) is 0.600. The lowest BCUT2D eigenvalue weighted by Crippen LogP contribution is -2.55. The van der Waals surface area contributed by atoms with Gasteiger partial charge in [0.1, 0.15) is 12.0 Å². The summed E-state index contributed by atoms with van der Waals surface area (Å²) in [5, 5.41) is 13.3. The lowest BCUT2D eigenvalue weighted by Gasteiger charge is -2.45. The highest BCUT2D eigenvalue weighted by atomic mass is 35.5. The zero-order chi connectivity index (χ0) is 17.0. The van der Waals surface area contributed by atoms with Gasteiger partial charge in [-0.3, -0.25) is 14.9 Å². The minimum Gasteiger partial charge on any atom is -0.378 e. The second-order valence-electron chi connectivity index (χ2n) is 6.70.